The first-order valence-electron chi connectivity index (χ1n) is 6.71. The second kappa shape index (κ2) is 7.49. The van der Waals surface area contributed by atoms with Gasteiger partial charge < -0.3 is 11.1 Å². The summed E-state index contributed by atoms with van der Waals surface area (Å²) in [5, 5.41) is 2.37. The monoisotopic (exact) mass is 310 g/mol. The highest BCUT2D eigenvalue weighted by Crippen LogP contribution is 2.27. The maximum Gasteiger partial charge on any atom is 0.250 e. The van der Waals surface area contributed by atoms with E-state index in [1.807, 2.05) is 13.8 Å². The maximum absolute atomic E-state index is 13.8. The SMILES string of the molecule is CC.Cc1ccc(Nc2c(C(N)=O)ccc(F)c2F)c(F)c1. The molecular formula is C16H17F3N2O. The minimum Gasteiger partial charge on any atom is -0.366 e. The summed E-state index contributed by atoms with van der Waals surface area (Å²) in [5.41, 5.74) is 4.93. The van der Waals surface area contributed by atoms with Crippen molar-refractivity contribution in [1.29, 1.82) is 0 Å². The predicted molar refractivity (Wildman–Crippen MR) is 80.6 cm³/mol. The number of anilines is 2. The van der Waals surface area contributed by atoms with E-state index < -0.39 is 29.0 Å². The van der Waals surface area contributed by atoms with E-state index in [0.29, 0.717) is 5.56 Å². The van der Waals surface area contributed by atoms with Crippen molar-refractivity contribution >= 4 is 17.3 Å². The standard InChI is InChI=1S/C14H11F3N2O.C2H6/c1-7-2-5-11(10(16)6-7)19-13-8(14(18)20)3-4-9(15)12(13)17;1-2/h2-6,19H,1H3,(H2,18,20);1-2H3. The maximum atomic E-state index is 13.8. The highest BCUT2D eigenvalue weighted by Gasteiger charge is 2.18. The lowest BCUT2D eigenvalue weighted by Crippen LogP contribution is -2.15. The topological polar surface area (TPSA) is 55.1 Å². The number of hydrogen-bond acceptors (Lipinski definition) is 2. The van der Waals surface area contributed by atoms with Crippen LogP contribution in [0.3, 0.4) is 0 Å². The van der Waals surface area contributed by atoms with Crippen molar-refractivity contribution in [3.05, 3.63) is 58.9 Å². The molecule has 0 radical (unpaired) electrons. The van der Waals surface area contributed by atoms with Crippen LogP contribution in [0.5, 0.6) is 0 Å². The van der Waals surface area contributed by atoms with Gasteiger partial charge in [-0.25, -0.2) is 13.2 Å². The third kappa shape index (κ3) is 3.78. The number of hydrogen-bond donors (Lipinski definition) is 2. The van der Waals surface area contributed by atoms with E-state index in [0.717, 1.165) is 12.1 Å². The molecule has 0 saturated heterocycles. The fourth-order valence-corrected chi connectivity index (χ4v) is 1.73. The zero-order valence-electron chi connectivity index (χ0n) is 12.5. The van der Waals surface area contributed by atoms with Crippen molar-refractivity contribution in [3.8, 4) is 0 Å². The summed E-state index contributed by atoms with van der Waals surface area (Å²) in [5.74, 6) is -4.05. The van der Waals surface area contributed by atoms with Crippen LogP contribution in [0.1, 0.15) is 29.8 Å². The van der Waals surface area contributed by atoms with Gasteiger partial charge in [0.15, 0.2) is 11.6 Å². The normalized spacial score (nSPS) is 9.73. The molecule has 0 aliphatic carbocycles. The van der Waals surface area contributed by atoms with E-state index in [4.69, 9.17) is 5.73 Å². The van der Waals surface area contributed by atoms with Crippen molar-refractivity contribution in [2.24, 2.45) is 5.73 Å². The van der Waals surface area contributed by atoms with Crippen LogP contribution in [-0.2, 0) is 0 Å². The van der Waals surface area contributed by atoms with Crippen LogP contribution in [0.4, 0.5) is 24.5 Å². The lowest BCUT2D eigenvalue weighted by Gasteiger charge is -2.12. The van der Waals surface area contributed by atoms with Crippen LogP contribution in [0.25, 0.3) is 0 Å². The van der Waals surface area contributed by atoms with E-state index in [1.54, 1.807) is 13.0 Å². The predicted octanol–water partition coefficient (Wildman–Crippen LogP) is 4.28. The number of carbonyl (C=O) groups is 1. The number of primary amides is 1. The molecular weight excluding hydrogens is 293 g/mol. The Balaban J connectivity index is 0.00000116. The quantitative estimate of drug-likeness (QED) is 0.889. The minimum atomic E-state index is -1.29. The Kier molecular flexibility index (Phi) is 5.98. The van der Waals surface area contributed by atoms with Crippen molar-refractivity contribution in [1.82, 2.24) is 0 Å². The summed E-state index contributed by atoms with van der Waals surface area (Å²) in [6, 6.07) is 6.00. The Labute approximate surface area is 127 Å². The van der Waals surface area contributed by atoms with Crippen LogP contribution in [0, 0.1) is 24.4 Å². The second-order valence-corrected chi connectivity index (χ2v) is 4.26. The van der Waals surface area contributed by atoms with Gasteiger partial charge in [0.1, 0.15) is 5.82 Å². The highest BCUT2D eigenvalue weighted by molar-refractivity contribution is 5.99. The fraction of sp³-hybridized carbons (Fsp3) is 0.188. The van der Waals surface area contributed by atoms with Gasteiger partial charge in [0, 0.05) is 0 Å². The van der Waals surface area contributed by atoms with Gasteiger partial charge in [0.25, 0.3) is 5.91 Å². The molecule has 0 atom stereocenters. The van der Waals surface area contributed by atoms with Crippen molar-refractivity contribution in [2.45, 2.75) is 20.8 Å². The molecule has 0 unspecified atom stereocenters. The van der Waals surface area contributed by atoms with Crippen molar-refractivity contribution in [2.75, 3.05) is 5.32 Å². The molecule has 2 rings (SSSR count). The molecule has 0 aromatic heterocycles. The molecule has 118 valence electrons. The lowest BCUT2D eigenvalue weighted by atomic mass is 10.1. The molecule has 0 aliphatic rings. The molecule has 6 heteroatoms. The molecule has 22 heavy (non-hydrogen) atoms. The summed E-state index contributed by atoms with van der Waals surface area (Å²) >= 11 is 0. The zero-order chi connectivity index (χ0) is 16.9. The highest BCUT2D eigenvalue weighted by atomic mass is 19.2. The fourth-order valence-electron chi connectivity index (χ4n) is 1.73. The molecule has 1 amide bonds. The average Bonchev–Trinajstić information content (AvgIpc) is 2.48. The Morgan fingerprint density at radius 1 is 1.05 bits per heavy atom. The number of aryl methyl sites for hydroxylation is 1. The smallest absolute Gasteiger partial charge is 0.250 e. The van der Waals surface area contributed by atoms with Crippen LogP contribution < -0.4 is 11.1 Å². The minimum absolute atomic E-state index is 0.0809. The summed E-state index contributed by atoms with van der Waals surface area (Å²) in [6.07, 6.45) is 0. The van der Waals surface area contributed by atoms with E-state index >= 15 is 0 Å². The first-order valence-corrected chi connectivity index (χ1v) is 6.71. The summed E-state index contributed by atoms with van der Waals surface area (Å²) in [7, 11) is 0. The van der Waals surface area contributed by atoms with Gasteiger partial charge in [-0.15, -0.1) is 0 Å². The van der Waals surface area contributed by atoms with Crippen LogP contribution in [0.2, 0.25) is 0 Å². The van der Waals surface area contributed by atoms with Crippen LogP contribution >= 0.6 is 0 Å². The van der Waals surface area contributed by atoms with Gasteiger partial charge in [-0.05, 0) is 36.8 Å². The number of nitrogens with two attached hydrogens (primary N) is 1. The van der Waals surface area contributed by atoms with Gasteiger partial charge in [-0.3, -0.25) is 4.79 Å². The van der Waals surface area contributed by atoms with E-state index in [2.05, 4.69) is 5.32 Å². The van der Waals surface area contributed by atoms with E-state index in [9.17, 15) is 18.0 Å². The van der Waals surface area contributed by atoms with Gasteiger partial charge in [0.05, 0.1) is 16.9 Å². The molecule has 3 nitrogen and oxygen atoms in total. The first kappa shape index (κ1) is 17.6. The number of rotatable bonds is 3. The summed E-state index contributed by atoms with van der Waals surface area (Å²) < 4.78 is 40.7. The zero-order valence-corrected chi connectivity index (χ0v) is 12.5. The van der Waals surface area contributed by atoms with Gasteiger partial charge in [-0.2, -0.15) is 0 Å². The number of carbonyl (C=O) groups excluding carboxylic acids is 1. The first-order chi connectivity index (χ1) is 10.4. The van der Waals surface area contributed by atoms with Crippen LogP contribution in [-0.4, -0.2) is 5.91 Å². The van der Waals surface area contributed by atoms with Crippen molar-refractivity contribution < 1.29 is 18.0 Å². The number of benzene rings is 2. The number of nitrogens with one attached hydrogen (secondary N) is 1. The number of amides is 1. The Morgan fingerprint density at radius 2 is 1.68 bits per heavy atom. The number of halogens is 3. The second-order valence-electron chi connectivity index (χ2n) is 4.26. The molecule has 2 aromatic rings. The largest absolute Gasteiger partial charge is 0.366 e. The van der Waals surface area contributed by atoms with Crippen LogP contribution in [0.15, 0.2) is 30.3 Å². The van der Waals surface area contributed by atoms with Gasteiger partial charge in [0.2, 0.25) is 0 Å². The molecule has 0 aliphatic heterocycles. The molecule has 0 saturated carbocycles. The average molecular weight is 310 g/mol. The summed E-state index contributed by atoms with van der Waals surface area (Å²) in [4.78, 5) is 11.2. The van der Waals surface area contributed by atoms with E-state index in [-0.39, 0.29) is 11.3 Å². The Hall–Kier alpha value is -2.50. The third-order valence-electron chi connectivity index (χ3n) is 2.74. The Morgan fingerprint density at radius 3 is 2.23 bits per heavy atom. The molecule has 0 spiro atoms. The van der Waals surface area contributed by atoms with Gasteiger partial charge >= 0.3 is 0 Å². The third-order valence-corrected chi connectivity index (χ3v) is 2.74. The summed E-state index contributed by atoms with van der Waals surface area (Å²) in [6.45, 7) is 5.68. The molecule has 2 aromatic carbocycles. The lowest BCUT2D eigenvalue weighted by molar-refractivity contribution is 0.100. The molecule has 0 fully saturated rings. The van der Waals surface area contributed by atoms with Gasteiger partial charge in [-0.1, -0.05) is 19.9 Å². The van der Waals surface area contributed by atoms with E-state index in [1.165, 1.54) is 12.1 Å². The molecule has 0 bridgehead atoms. The van der Waals surface area contributed by atoms with Crippen molar-refractivity contribution in [3.63, 3.8) is 0 Å². The molecule has 0 heterocycles. The molecule has 3 N–H and O–H groups in total. The Bertz CT molecular complexity index is 687.